The lowest BCUT2D eigenvalue weighted by Crippen LogP contribution is -2.40. The minimum absolute atomic E-state index is 0.0526. The van der Waals surface area contributed by atoms with E-state index in [1.807, 2.05) is 0 Å². The zero-order valence-electron chi connectivity index (χ0n) is 9.52. The maximum absolute atomic E-state index is 12.0. The van der Waals surface area contributed by atoms with Crippen molar-refractivity contribution in [1.82, 2.24) is 4.90 Å². The smallest absolute Gasteiger partial charge is 0.326 e. The summed E-state index contributed by atoms with van der Waals surface area (Å²) in [6, 6.07) is -0.561. The number of nitrogens with zero attached hydrogens (tertiary/aromatic N) is 1. The second-order valence-corrected chi connectivity index (χ2v) is 4.94. The number of carbonyl (C=O) groups excluding carboxylic acids is 1. The van der Waals surface area contributed by atoms with E-state index < -0.39 is 12.0 Å². The standard InChI is InChI=1S/C12H19NO3/c14-11(8-9-4-1-2-5-9)13-7-3-6-10(13)12(15)16/h9-10H,1-8H2,(H,15,16). The number of carboxylic acids is 1. The zero-order valence-corrected chi connectivity index (χ0v) is 9.52. The summed E-state index contributed by atoms with van der Waals surface area (Å²) in [4.78, 5) is 24.5. The number of likely N-dealkylation sites (tertiary alicyclic amines) is 1. The van der Waals surface area contributed by atoms with Crippen molar-refractivity contribution in [3.05, 3.63) is 0 Å². The van der Waals surface area contributed by atoms with Crippen molar-refractivity contribution in [3.63, 3.8) is 0 Å². The van der Waals surface area contributed by atoms with Gasteiger partial charge in [-0.1, -0.05) is 12.8 Å². The fraction of sp³-hybridized carbons (Fsp3) is 0.833. The molecule has 0 aromatic carbocycles. The van der Waals surface area contributed by atoms with Crippen molar-refractivity contribution < 1.29 is 14.7 Å². The molecular formula is C12H19NO3. The number of carbonyl (C=O) groups is 2. The molecule has 0 bridgehead atoms. The molecule has 0 radical (unpaired) electrons. The fourth-order valence-corrected chi connectivity index (χ4v) is 2.90. The van der Waals surface area contributed by atoms with Gasteiger partial charge in [-0.15, -0.1) is 0 Å². The van der Waals surface area contributed by atoms with Crippen LogP contribution in [0.25, 0.3) is 0 Å². The second-order valence-electron chi connectivity index (χ2n) is 4.94. The molecule has 1 aliphatic heterocycles. The van der Waals surface area contributed by atoms with Crippen LogP contribution in [-0.4, -0.2) is 34.5 Å². The van der Waals surface area contributed by atoms with Crippen molar-refractivity contribution in [2.75, 3.05) is 6.54 Å². The summed E-state index contributed by atoms with van der Waals surface area (Å²) in [5.74, 6) is -0.295. The molecule has 90 valence electrons. The quantitative estimate of drug-likeness (QED) is 0.794. The van der Waals surface area contributed by atoms with Crippen molar-refractivity contribution in [2.24, 2.45) is 5.92 Å². The molecule has 2 aliphatic rings. The Morgan fingerprint density at radius 3 is 2.44 bits per heavy atom. The fourth-order valence-electron chi connectivity index (χ4n) is 2.90. The molecule has 1 heterocycles. The predicted molar refractivity (Wildman–Crippen MR) is 58.9 cm³/mol. The molecule has 1 amide bonds. The maximum Gasteiger partial charge on any atom is 0.326 e. The zero-order chi connectivity index (χ0) is 11.5. The first kappa shape index (κ1) is 11.4. The monoisotopic (exact) mass is 225 g/mol. The predicted octanol–water partition coefficient (Wildman–Crippen LogP) is 1.64. The first-order valence-corrected chi connectivity index (χ1v) is 6.21. The molecule has 1 N–H and O–H groups in total. The summed E-state index contributed by atoms with van der Waals surface area (Å²) in [5, 5.41) is 9.00. The molecule has 16 heavy (non-hydrogen) atoms. The number of carboxylic acid groups (broad SMARTS) is 1. The molecule has 1 saturated heterocycles. The molecular weight excluding hydrogens is 206 g/mol. The largest absolute Gasteiger partial charge is 0.480 e. The van der Waals surface area contributed by atoms with Gasteiger partial charge < -0.3 is 10.0 Å². The van der Waals surface area contributed by atoms with Crippen molar-refractivity contribution in [1.29, 1.82) is 0 Å². The van der Waals surface area contributed by atoms with Gasteiger partial charge in [0.15, 0.2) is 0 Å². The van der Waals surface area contributed by atoms with Crippen LogP contribution in [0.5, 0.6) is 0 Å². The van der Waals surface area contributed by atoms with Crippen LogP contribution in [-0.2, 0) is 9.59 Å². The first-order chi connectivity index (χ1) is 7.68. The van der Waals surface area contributed by atoms with Crippen molar-refractivity contribution in [2.45, 2.75) is 51.0 Å². The lowest BCUT2D eigenvalue weighted by molar-refractivity contribution is -0.148. The van der Waals surface area contributed by atoms with Crippen LogP contribution in [0.2, 0.25) is 0 Å². The van der Waals surface area contributed by atoms with E-state index in [4.69, 9.17) is 5.11 Å². The molecule has 0 spiro atoms. The Balaban J connectivity index is 1.90. The van der Waals surface area contributed by atoms with E-state index >= 15 is 0 Å². The van der Waals surface area contributed by atoms with E-state index in [0.717, 1.165) is 19.3 Å². The van der Waals surface area contributed by atoms with Crippen LogP contribution < -0.4 is 0 Å². The Labute approximate surface area is 95.6 Å². The Morgan fingerprint density at radius 1 is 1.12 bits per heavy atom. The number of hydrogen-bond acceptors (Lipinski definition) is 2. The highest BCUT2D eigenvalue weighted by Crippen LogP contribution is 2.29. The average Bonchev–Trinajstić information content (AvgIpc) is 2.86. The summed E-state index contributed by atoms with van der Waals surface area (Å²) in [5.41, 5.74) is 0. The number of amides is 1. The van der Waals surface area contributed by atoms with Crippen LogP contribution in [0.4, 0.5) is 0 Å². The van der Waals surface area contributed by atoms with Crippen molar-refractivity contribution >= 4 is 11.9 Å². The normalized spacial score (nSPS) is 26.2. The average molecular weight is 225 g/mol. The molecule has 4 heteroatoms. The second kappa shape index (κ2) is 4.85. The molecule has 0 aromatic heterocycles. The third-order valence-corrected chi connectivity index (χ3v) is 3.80. The highest BCUT2D eigenvalue weighted by molar-refractivity contribution is 5.84. The number of rotatable bonds is 3. The molecule has 2 fully saturated rings. The minimum atomic E-state index is -0.850. The van der Waals surface area contributed by atoms with Gasteiger partial charge in [-0.25, -0.2) is 4.79 Å². The topological polar surface area (TPSA) is 57.6 Å². The van der Waals surface area contributed by atoms with Gasteiger partial charge in [0.1, 0.15) is 6.04 Å². The van der Waals surface area contributed by atoms with E-state index in [1.165, 1.54) is 12.8 Å². The van der Waals surface area contributed by atoms with Gasteiger partial charge in [0.25, 0.3) is 0 Å². The molecule has 1 saturated carbocycles. The number of hydrogen-bond donors (Lipinski definition) is 1. The van der Waals surface area contributed by atoms with E-state index in [0.29, 0.717) is 25.3 Å². The highest BCUT2D eigenvalue weighted by atomic mass is 16.4. The van der Waals surface area contributed by atoms with Crippen molar-refractivity contribution in [3.8, 4) is 0 Å². The molecule has 0 aromatic rings. The van der Waals surface area contributed by atoms with Crippen LogP contribution in [0.3, 0.4) is 0 Å². The van der Waals surface area contributed by atoms with Gasteiger partial charge in [0.2, 0.25) is 5.91 Å². The summed E-state index contributed by atoms with van der Waals surface area (Å²) < 4.78 is 0. The summed E-state index contributed by atoms with van der Waals surface area (Å²) in [6.45, 7) is 0.628. The molecule has 1 aliphatic carbocycles. The van der Waals surface area contributed by atoms with Gasteiger partial charge in [-0.3, -0.25) is 4.79 Å². The minimum Gasteiger partial charge on any atom is -0.480 e. The van der Waals surface area contributed by atoms with Crippen LogP contribution in [0.15, 0.2) is 0 Å². The summed E-state index contributed by atoms with van der Waals surface area (Å²) in [6.07, 6.45) is 6.72. The molecule has 1 unspecified atom stereocenters. The maximum atomic E-state index is 12.0. The summed E-state index contributed by atoms with van der Waals surface area (Å²) >= 11 is 0. The lowest BCUT2D eigenvalue weighted by Gasteiger charge is -2.22. The third kappa shape index (κ3) is 2.36. The highest BCUT2D eigenvalue weighted by Gasteiger charge is 2.34. The summed E-state index contributed by atoms with van der Waals surface area (Å²) in [7, 11) is 0. The van der Waals surface area contributed by atoms with Gasteiger partial charge in [0.05, 0.1) is 0 Å². The van der Waals surface area contributed by atoms with Crippen LogP contribution >= 0.6 is 0 Å². The SMILES string of the molecule is O=C(O)C1CCCN1C(=O)CC1CCCC1. The molecule has 4 nitrogen and oxygen atoms in total. The van der Waals surface area contributed by atoms with Gasteiger partial charge in [-0.2, -0.15) is 0 Å². The molecule has 2 rings (SSSR count). The van der Waals surface area contributed by atoms with E-state index in [9.17, 15) is 9.59 Å². The van der Waals surface area contributed by atoms with E-state index in [-0.39, 0.29) is 5.91 Å². The van der Waals surface area contributed by atoms with Gasteiger partial charge >= 0.3 is 5.97 Å². The Morgan fingerprint density at radius 2 is 1.81 bits per heavy atom. The first-order valence-electron chi connectivity index (χ1n) is 6.21. The molecule has 1 atom stereocenters. The van der Waals surface area contributed by atoms with Crippen LogP contribution in [0.1, 0.15) is 44.9 Å². The van der Waals surface area contributed by atoms with Gasteiger partial charge in [-0.05, 0) is 31.6 Å². The van der Waals surface area contributed by atoms with Crippen LogP contribution in [0, 0.1) is 5.92 Å². The third-order valence-electron chi connectivity index (χ3n) is 3.80. The van der Waals surface area contributed by atoms with E-state index in [2.05, 4.69) is 0 Å². The van der Waals surface area contributed by atoms with E-state index in [1.54, 1.807) is 4.90 Å². The number of aliphatic carboxylic acids is 1. The lowest BCUT2D eigenvalue weighted by atomic mass is 10.0. The van der Waals surface area contributed by atoms with Gasteiger partial charge in [0, 0.05) is 13.0 Å². The Hall–Kier alpha value is -1.06. The Kier molecular flexibility index (Phi) is 3.46. The Bertz CT molecular complexity index is 284.